The minimum absolute atomic E-state index is 1.19. The summed E-state index contributed by atoms with van der Waals surface area (Å²) >= 11 is 0. The van der Waals surface area contributed by atoms with E-state index in [9.17, 15) is 52.7 Å². The molecule has 0 aliphatic carbocycles. The number of hydrogen-bond acceptors (Lipinski definition) is 0. The van der Waals surface area contributed by atoms with Gasteiger partial charge < -0.3 is 0 Å². The maximum atomic E-state index is 12.4. The van der Waals surface area contributed by atoms with Crippen LogP contribution >= 0.6 is 0 Å². The summed E-state index contributed by atoms with van der Waals surface area (Å²) in [6.45, 7) is 0. The van der Waals surface area contributed by atoms with E-state index in [4.69, 9.17) is 0 Å². The largest absolute Gasteiger partial charge is 0.395 e. The third kappa shape index (κ3) is 3.40. The predicted molar refractivity (Wildman–Crippen MR) is 42.0 cm³/mol. The van der Waals surface area contributed by atoms with Gasteiger partial charge in [-0.15, -0.1) is 0 Å². The highest BCUT2D eigenvalue weighted by Gasteiger charge is 2.48. The SMILES string of the molecule is FC(F)(F)c1c[c-](C(F)(F)F)c(C(F)(F)F)c1C(F)(F)F. The Morgan fingerprint density at radius 1 is 0.619 bits per heavy atom. The van der Waals surface area contributed by atoms with E-state index < -0.39 is 53.0 Å². The molecule has 0 unspecified atom stereocenters. The summed E-state index contributed by atoms with van der Waals surface area (Å²) in [7, 11) is 0. The first kappa shape index (κ1) is 17.6. The fourth-order valence-corrected chi connectivity index (χ4v) is 1.59. The molecule has 12 heteroatoms. The molecule has 0 amide bonds. The molecular weight excluding hydrogens is 336 g/mol. The maximum absolute atomic E-state index is 12.4. The molecule has 122 valence electrons. The summed E-state index contributed by atoms with van der Waals surface area (Å²) in [4.78, 5) is 0. The van der Waals surface area contributed by atoms with E-state index in [0.717, 1.165) is 0 Å². The summed E-state index contributed by atoms with van der Waals surface area (Å²) in [5, 5.41) is 0. The molecule has 0 nitrogen and oxygen atoms in total. The minimum atomic E-state index is -6.26. The van der Waals surface area contributed by atoms with Crippen molar-refractivity contribution in [3.05, 3.63) is 28.3 Å². The second-order valence-corrected chi connectivity index (χ2v) is 3.71. The third-order valence-electron chi connectivity index (χ3n) is 2.26. The molecule has 21 heavy (non-hydrogen) atoms. The van der Waals surface area contributed by atoms with Gasteiger partial charge in [0.1, 0.15) is 0 Å². The lowest BCUT2D eigenvalue weighted by Gasteiger charge is -2.24. The molecule has 0 aliphatic rings. The average molecular weight is 337 g/mol. The van der Waals surface area contributed by atoms with Gasteiger partial charge in [-0.05, 0) is 11.1 Å². The van der Waals surface area contributed by atoms with Crippen molar-refractivity contribution < 1.29 is 52.7 Å². The molecule has 0 aliphatic heterocycles. The fourth-order valence-electron chi connectivity index (χ4n) is 1.59. The van der Waals surface area contributed by atoms with Crippen molar-refractivity contribution in [2.45, 2.75) is 24.7 Å². The first-order valence-corrected chi connectivity index (χ1v) is 4.60. The first-order valence-electron chi connectivity index (χ1n) is 4.60. The Bertz CT molecular complexity index is 471. The highest BCUT2D eigenvalue weighted by molar-refractivity contribution is 5.50. The molecule has 0 radical (unpaired) electrons. The van der Waals surface area contributed by atoms with Crippen LogP contribution in [0.2, 0.25) is 0 Å². The van der Waals surface area contributed by atoms with Crippen LogP contribution in [0.15, 0.2) is 6.07 Å². The van der Waals surface area contributed by atoms with E-state index in [0.29, 0.717) is 0 Å². The highest BCUT2D eigenvalue weighted by Crippen LogP contribution is 2.52. The summed E-state index contributed by atoms with van der Waals surface area (Å²) in [6, 6.07) is -1.19. The zero-order valence-electron chi connectivity index (χ0n) is 9.11. The van der Waals surface area contributed by atoms with Gasteiger partial charge in [0, 0.05) is 0 Å². The molecule has 1 aromatic rings. The van der Waals surface area contributed by atoms with Crippen molar-refractivity contribution >= 4 is 0 Å². The number of halogens is 12. The molecule has 0 fully saturated rings. The van der Waals surface area contributed by atoms with Crippen LogP contribution in [0.1, 0.15) is 22.3 Å². The topological polar surface area (TPSA) is 0 Å². The molecule has 0 saturated heterocycles. The van der Waals surface area contributed by atoms with Crippen molar-refractivity contribution in [3.63, 3.8) is 0 Å². The summed E-state index contributed by atoms with van der Waals surface area (Å²) < 4.78 is 148. The van der Waals surface area contributed by atoms with Gasteiger partial charge >= 0.3 is 24.7 Å². The van der Waals surface area contributed by atoms with E-state index in [2.05, 4.69) is 0 Å². The van der Waals surface area contributed by atoms with Crippen LogP contribution < -0.4 is 0 Å². The fraction of sp³-hybridized carbons (Fsp3) is 0.444. The van der Waals surface area contributed by atoms with Gasteiger partial charge in [0.05, 0.1) is 0 Å². The Kier molecular flexibility index (Phi) is 3.76. The number of hydrogen-bond donors (Lipinski definition) is 0. The van der Waals surface area contributed by atoms with Crippen LogP contribution in [0.4, 0.5) is 52.7 Å². The van der Waals surface area contributed by atoms with Crippen LogP contribution in [-0.2, 0) is 24.7 Å². The quantitative estimate of drug-likeness (QED) is 0.434. The molecule has 0 bridgehead atoms. The smallest absolute Gasteiger partial charge is 0.180 e. The van der Waals surface area contributed by atoms with E-state index >= 15 is 0 Å². The lowest BCUT2D eigenvalue weighted by atomic mass is 10.1. The van der Waals surface area contributed by atoms with Crippen LogP contribution in [0.5, 0.6) is 0 Å². The van der Waals surface area contributed by atoms with Crippen molar-refractivity contribution in [2.75, 3.05) is 0 Å². The van der Waals surface area contributed by atoms with E-state index in [1.54, 1.807) is 0 Å². The van der Waals surface area contributed by atoms with Crippen molar-refractivity contribution in [3.8, 4) is 0 Å². The van der Waals surface area contributed by atoms with Gasteiger partial charge in [0.15, 0.2) is 0 Å². The summed E-state index contributed by atoms with van der Waals surface area (Å²) in [5.41, 5.74) is -12.9. The van der Waals surface area contributed by atoms with Crippen molar-refractivity contribution in [2.24, 2.45) is 0 Å². The van der Waals surface area contributed by atoms with Crippen molar-refractivity contribution in [1.82, 2.24) is 0 Å². The monoisotopic (exact) mass is 337 g/mol. The Balaban J connectivity index is 3.93. The summed E-state index contributed by atoms with van der Waals surface area (Å²) in [6.07, 6.45) is -24.6. The van der Waals surface area contributed by atoms with Gasteiger partial charge in [-0.1, -0.05) is 11.1 Å². The van der Waals surface area contributed by atoms with Gasteiger partial charge in [-0.3, -0.25) is 0 Å². The normalized spacial score (nSPS) is 14.7. The molecular formula is C9HF12-. The van der Waals surface area contributed by atoms with Crippen LogP contribution in [-0.4, -0.2) is 0 Å². The Labute approximate surface area is 107 Å². The minimum Gasteiger partial charge on any atom is -0.180 e. The molecule has 0 heterocycles. The molecule has 0 saturated carbocycles. The molecule has 0 aromatic heterocycles. The molecule has 1 rings (SSSR count). The van der Waals surface area contributed by atoms with Gasteiger partial charge in [-0.25, -0.2) is 0 Å². The van der Waals surface area contributed by atoms with Gasteiger partial charge in [0.2, 0.25) is 0 Å². The lowest BCUT2D eigenvalue weighted by Crippen LogP contribution is -2.21. The second-order valence-electron chi connectivity index (χ2n) is 3.71. The predicted octanol–water partition coefficient (Wildman–Crippen LogP) is 5.48. The number of alkyl halides is 12. The van der Waals surface area contributed by atoms with E-state index in [1.165, 1.54) is 0 Å². The zero-order valence-corrected chi connectivity index (χ0v) is 9.11. The van der Waals surface area contributed by atoms with Gasteiger partial charge in [0.25, 0.3) is 0 Å². The molecule has 1 aromatic carbocycles. The molecule has 0 spiro atoms. The average Bonchev–Trinajstić information content (AvgIpc) is 2.52. The third-order valence-corrected chi connectivity index (χ3v) is 2.26. The first-order chi connectivity index (χ1) is 8.97. The van der Waals surface area contributed by atoms with Crippen LogP contribution in [0.25, 0.3) is 0 Å². The zero-order chi connectivity index (χ0) is 17.0. The Morgan fingerprint density at radius 2 is 1.05 bits per heavy atom. The van der Waals surface area contributed by atoms with Gasteiger partial charge in [-0.2, -0.15) is 58.8 Å². The molecule has 0 atom stereocenters. The van der Waals surface area contributed by atoms with Crippen LogP contribution in [0, 0.1) is 0 Å². The maximum Gasteiger partial charge on any atom is 0.395 e. The Hall–Kier alpha value is -1.49. The van der Waals surface area contributed by atoms with Crippen molar-refractivity contribution in [1.29, 1.82) is 0 Å². The highest BCUT2D eigenvalue weighted by atomic mass is 19.4. The standard InChI is InChI=1S/C9HF12/c10-6(11,12)2-1-3(7(13,14)15)5(9(19,20)21)4(2)8(16,17)18/h1H/q-1. The lowest BCUT2D eigenvalue weighted by molar-refractivity contribution is -0.178. The molecule has 0 N–H and O–H groups in total. The van der Waals surface area contributed by atoms with Crippen LogP contribution in [0.3, 0.4) is 0 Å². The Morgan fingerprint density at radius 3 is 1.29 bits per heavy atom. The second kappa shape index (κ2) is 4.50. The van der Waals surface area contributed by atoms with E-state index in [-0.39, 0.29) is 0 Å². The van der Waals surface area contributed by atoms with E-state index in [1.807, 2.05) is 0 Å². The summed E-state index contributed by atoms with van der Waals surface area (Å²) in [5.74, 6) is 0. The number of rotatable bonds is 0.